The summed E-state index contributed by atoms with van der Waals surface area (Å²) in [5, 5.41) is 0. The third-order valence-corrected chi connectivity index (χ3v) is 5.29. The third-order valence-electron chi connectivity index (χ3n) is 5.29. The summed E-state index contributed by atoms with van der Waals surface area (Å²) >= 11 is 0. The minimum Gasteiger partial charge on any atom is -0.399 e. The Balaban J connectivity index is 2.36. The van der Waals surface area contributed by atoms with Crippen molar-refractivity contribution in [2.24, 2.45) is 0 Å². The van der Waals surface area contributed by atoms with Crippen molar-refractivity contribution < 1.29 is 13.7 Å². The molecule has 1 aromatic rings. The Bertz CT molecular complexity index is 563. The van der Waals surface area contributed by atoms with Gasteiger partial charge in [0.2, 0.25) is 0 Å². The van der Waals surface area contributed by atoms with E-state index in [1.165, 1.54) is 6.07 Å². The van der Waals surface area contributed by atoms with Gasteiger partial charge in [-0.25, -0.2) is 4.39 Å². The third kappa shape index (κ3) is 3.84. The van der Waals surface area contributed by atoms with Gasteiger partial charge < -0.3 is 9.31 Å². The maximum atomic E-state index is 13.9. The van der Waals surface area contributed by atoms with Crippen molar-refractivity contribution in [3.8, 4) is 0 Å². The van der Waals surface area contributed by atoms with Gasteiger partial charge in [-0.05, 0) is 78.5 Å². The van der Waals surface area contributed by atoms with Gasteiger partial charge in [0.05, 0.1) is 11.2 Å². The van der Waals surface area contributed by atoms with Crippen LogP contribution in [0.2, 0.25) is 0 Å². The predicted molar refractivity (Wildman–Crippen MR) is 97.9 cm³/mol. The molecule has 0 amide bonds. The van der Waals surface area contributed by atoms with Crippen LogP contribution >= 0.6 is 0 Å². The van der Waals surface area contributed by atoms with Crippen molar-refractivity contribution in [1.82, 2.24) is 4.90 Å². The Kier molecular flexibility index (Phi) is 5.48. The summed E-state index contributed by atoms with van der Waals surface area (Å²) in [6.07, 6.45) is 0. The van der Waals surface area contributed by atoms with Gasteiger partial charge in [-0.15, -0.1) is 0 Å². The highest BCUT2D eigenvalue weighted by molar-refractivity contribution is 6.62. The summed E-state index contributed by atoms with van der Waals surface area (Å²) in [5.41, 5.74) is 0.978. The van der Waals surface area contributed by atoms with Crippen molar-refractivity contribution in [2.45, 2.75) is 85.2 Å². The van der Waals surface area contributed by atoms with E-state index in [1.807, 2.05) is 33.8 Å². The molecule has 1 aliphatic rings. The lowest BCUT2D eigenvalue weighted by atomic mass is 9.75. The summed E-state index contributed by atoms with van der Waals surface area (Å²) in [4.78, 5) is 2.38. The molecule has 0 bridgehead atoms. The first-order chi connectivity index (χ1) is 10.9. The molecule has 0 aliphatic carbocycles. The molecular weight excluding hydrogens is 304 g/mol. The second kappa shape index (κ2) is 6.78. The summed E-state index contributed by atoms with van der Waals surface area (Å²) in [6.45, 7) is 17.5. The van der Waals surface area contributed by atoms with Crippen LogP contribution in [0, 0.1) is 5.82 Å². The van der Waals surface area contributed by atoms with Gasteiger partial charge in [-0.3, -0.25) is 4.90 Å². The number of rotatable bonds is 5. The van der Waals surface area contributed by atoms with E-state index in [0.717, 1.165) is 17.6 Å². The highest BCUT2D eigenvalue weighted by Crippen LogP contribution is 2.36. The number of nitrogens with zero attached hydrogens (tertiary/aromatic N) is 1. The molecule has 134 valence electrons. The largest absolute Gasteiger partial charge is 0.495 e. The Morgan fingerprint density at radius 2 is 1.50 bits per heavy atom. The second-order valence-corrected chi connectivity index (χ2v) is 8.29. The van der Waals surface area contributed by atoms with E-state index in [-0.39, 0.29) is 5.82 Å². The lowest BCUT2D eigenvalue weighted by Crippen LogP contribution is -2.42. The van der Waals surface area contributed by atoms with E-state index in [4.69, 9.17) is 9.31 Å². The molecule has 0 aromatic heterocycles. The van der Waals surface area contributed by atoms with Crippen molar-refractivity contribution in [2.75, 3.05) is 0 Å². The van der Waals surface area contributed by atoms with E-state index in [2.05, 4.69) is 32.6 Å². The molecule has 0 spiro atoms. The van der Waals surface area contributed by atoms with Crippen LogP contribution < -0.4 is 5.46 Å². The zero-order valence-electron chi connectivity index (χ0n) is 16.3. The molecule has 0 saturated carbocycles. The van der Waals surface area contributed by atoms with E-state index < -0.39 is 18.3 Å². The lowest BCUT2D eigenvalue weighted by molar-refractivity contribution is 0.00578. The molecule has 1 saturated heterocycles. The number of halogens is 1. The highest BCUT2D eigenvalue weighted by Gasteiger charge is 2.52. The van der Waals surface area contributed by atoms with Crippen molar-refractivity contribution in [3.63, 3.8) is 0 Å². The lowest BCUT2D eigenvalue weighted by Gasteiger charge is -2.32. The Labute approximate surface area is 146 Å². The normalized spacial score (nSPS) is 19.8. The molecule has 24 heavy (non-hydrogen) atoms. The number of benzene rings is 1. The summed E-state index contributed by atoms with van der Waals surface area (Å²) in [5.74, 6) is -0.260. The monoisotopic (exact) mass is 335 g/mol. The molecule has 5 heteroatoms. The molecule has 1 aromatic carbocycles. The van der Waals surface area contributed by atoms with Gasteiger partial charge in [-0.1, -0.05) is 6.07 Å². The van der Waals surface area contributed by atoms with Crippen molar-refractivity contribution in [1.29, 1.82) is 0 Å². The molecular formula is C19H31BFNO2. The van der Waals surface area contributed by atoms with Crippen LogP contribution in [-0.2, 0) is 15.9 Å². The van der Waals surface area contributed by atoms with Gasteiger partial charge in [-0.2, -0.15) is 0 Å². The SMILES string of the molecule is CC(C)N(Cc1ccc(F)cc1B1OC(C)(C)C(C)(C)O1)C(C)C. The fourth-order valence-electron chi connectivity index (χ4n) is 3.06. The predicted octanol–water partition coefficient (Wildman–Crippen LogP) is 3.74. The molecule has 3 nitrogen and oxygen atoms in total. The fourth-order valence-corrected chi connectivity index (χ4v) is 3.06. The zero-order chi connectivity index (χ0) is 18.3. The Morgan fingerprint density at radius 1 is 1.00 bits per heavy atom. The van der Waals surface area contributed by atoms with Crippen LogP contribution in [0.15, 0.2) is 18.2 Å². The minimum atomic E-state index is -0.540. The first-order valence-corrected chi connectivity index (χ1v) is 8.84. The van der Waals surface area contributed by atoms with Crippen LogP contribution in [-0.4, -0.2) is 35.3 Å². The Hall–Kier alpha value is -0.905. The average Bonchev–Trinajstić information content (AvgIpc) is 2.65. The summed E-state index contributed by atoms with van der Waals surface area (Å²) in [6, 6.07) is 5.73. The van der Waals surface area contributed by atoms with Gasteiger partial charge in [0.25, 0.3) is 0 Å². The first-order valence-electron chi connectivity index (χ1n) is 8.84. The van der Waals surface area contributed by atoms with Crippen molar-refractivity contribution >= 4 is 12.6 Å². The van der Waals surface area contributed by atoms with Gasteiger partial charge in [0.1, 0.15) is 5.82 Å². The average molecular weight is 335 g/mol. The van der Waals surface area contributed by atoms with Crippen LogP contribution in [0.3, 0.4) is 0 Å². The van der Waals surface area contributed by atoms with E-state index in [0.29, 0.717) is 12.1 Å². The van der Waals surface area contributed by atoms with Crippen LogP contribution in [0.5, 0.6) is 0 Å². The van der Waals surface area contributed by atoms with E-state index in [9.17, 15) is 4.39 Å². The molecule has 0 N–H and O–H groups in total. The van der Waals surface area contributed by atoms with Gasteiger partial charge in [0, 0.05) is 18.6 Å². The quantitative estimate of drug-likeness (QED) is 0.765. The zero-order valence-corrected chi connectivity index (χ0v) is 16.3. The maximum Gasteiger partial charge on any atom is 0.495 e. The minimum absolute atomic E-state index is 0.260. The highest BCUT2D eigenvalue weighted by atomic mass is 19.1. The molecule has 1 heterocycles. The summed E-state index contributed by atoms with van der Waals surface area (Å²) < 4.78 is 26.2. The topological polar surface area (TPSA) is 21.7 Å². The van der Waals surface area contributed by atoms with Gasteiger partial charge >= 0.3 is 7.12 Å². The van der Waals surface area contributed by atoms with Crippen LogP contribution in [0.4, 0.5) is 4.39 Å². The standard InChI is InChI=1S/C19H31BFNO2/c1-13(2)22(14(3)4)12-15-9-10-16(21)11-17(15)20-23-18(5,6)19(7,8)24-20/h9-11,13-14H,12H2,1-8H3. The summed E-state index contributed by atoms with van der Waals surface area (Å²) in [7, 11) is -0.540. The van der Waals surface area contributed by atoms with E-state index >= 15 is 0 Å². The first kappa shape index (κ1) is 19.4. The molecule has 0 unspecified atom stereocenters. The van der Waals surface area contributed by atoms with Crippen LogP contribution in [0.25, 0.3) is 0 Å². The molecule has 1 fully saturated rings. The fraction of sp³-hybridized carbons (Fsp3) is 0.684. The van der Waals surface area contributed by atoms with E-state index in [1.54, 1.807) is 6.07 Å². The number of hydrogen-bond donors (Lipinski definition) is 0. The molecule has 0 atom stereocenters. The Morgan fingerprint density at radius 3 is 1.96 bits per heavy atom. The second-order valence-electron chi connectivity index (χ2n) is 8.29. The van der Waals surface area contributed by atoms with Gasteiger partial charge in [0.15, 0.2) is 0 Å². The van der Waals surface area contributed by atoms with Crippen molar-refractivity contribution in [3.05, 3.63) is 29.6 Å². The molecule has 1 aliphatic heterocycles. The maximum absolute atomic E-state index is 13.9. The number of hydrogen-bond acceptors (Lipinski definition) is 3. The smallest absolute Gasteiger partial charge is 0.399 e. The molecule has 0 radical (unpaired) electrons. The molecule has 2 rings (SSSR count). The van der Waals surface area contributed by atoms with Crippen LogP contribution in [0.1, 0.15) is 61.0 Å².